The fraction of sp³-hybridized carbons (Fsp3) is 0.0769. The minimum absolute atomic E-state index is 0.232. The Balaban J connectivity index is 1.35. The lowest BCUT2D eigenvalue weighted by atomic mass is 9.74. The van der Waals surface area contributed by atoms with E-state index in [0.29, 0.717) is 0 Å². The van der Waals surface area contributed by atoms with E-state index in [4.69, 9.17) is 0 Å². The molecule has 0 saturated carbocycles. The quantitative estimate of drug-likeness (QED) is 0.224. The molecule has 9 rings (SSSR count). The fourth-order valence-corrected chi connectivity index (χ4v) is 7.98. The van der Waals surface area contributed by atoms with Gasteiger partial charge in [0, 0.05) is 17.8 Å². The lowest BCUT2D eigenvalue weighted by molar-refractivity contribution is 0.713. The fourth-order valence-electron chi connectivity index (χ4n) is 7.98. The van der Waals surface area contributed by atoms with Gasteiger partial charge in [-0.15, -0.1) is 0 Å². The van der Waals surface area contributed by atoms with E-state index in [1.54, 1.807) is 0 Å². The van der Waals surface area contributed by atoms with E-state index in [1.165, 1.54) is 72.3 Å². The van der Waals surface area contributed by atoms with Crippen LogP contribution < -0.4 is 0 Å². The van der Waals surface area contributed by atoms with E-state index in [0.717, 1.165) is 0 Å². The highest BCUT2D eigenvalue weighted by Crippen LogP contribution is 2.61. The third-order valence-corrected chi connectivity index (χ3v) is 9.40. The van der Waals surface area contributed by atoms with Gasteiger partial charge in [0.2, 0.25) is 0 Å². The molecular formula is C39H26. The summed E-state index contributed by atoms with van der Waals surface area (Å²) < 4.78 is 0. The van der Waals surface area contributed by atoms with E-state index in [9.17, 15) is 0 Å². The smallest absolute Gasteiger partial charge is 0.0355 e. The second-order valence-corrected chi connectivity index (χ2v) is 11.1. The number of hydrogen-bond donors (Lipinski definition) is 0. The molecule has 0 aromatic heterocycles. The Morgan fingerprint density at radius 3 is 1.10 bits per heavy atom. The number of fused-ring (bicyclic) bond motifs is 9. The summed E-state index contributed by atoms with van der Waals surface area (Å²) >= 11 is 0. The molecule has 1 unspecified atom stereocenters. The first-order chi connectivity index (χ1) is 19.4. The van der Waals surface area contributed by atoms with E-state index in [-0.39, 0.29) is 17.8 Å². The molecule has 0 heteroatoms. The lowest BCUT2D eigenvalue weighted by Gasteiger charge is -2.28. The molecule has 3 aliphatic rings. The van der Waals surface area contributed by atoms with Crippen molar-refractivity contribution in [2.75, 3.05) is 0 Å². The van der Waals surface area contributed by atoms with Crippen LogP contribution in [0.2, 0.25) is 0 Å². The zero-order valence-corrected chi connectivity index (χ0v) is 21.5. The van der Waals surface area contributed by atoms with Crippen LogP contribution in [0.3, 0.4) is 0 Å². The van der Waals surface area contributed by atoms with Crippen LogP contribution in [0.5, 0.6) is 0 Å². The van der Waals surface area contributed by atoms with Gasteiger partial charge in [0.1, 0.15) is 0 Å². The number of rotatable bonds is 2. The van der Waals surface area contributed by atoms with Crippen LogP contribution in [0, 0.1) is 0 Å². The predicted octanol–water partition coefficient (Wildman–Crippen LogP) is 9.77. The summed E-state index contributed by atoms with van der Waals surface area (Å²) in [7, 11) is 0. The molecule has 0 fully saturated rings. The largest absolute Gasteiger partial charge is 0.0619 e. The van der Waals surface area contributed by atoms with Crippen molar-refractivity contribution < 1.29 is 0 Å². The maximum absolute atomic E-state index is 2.41. The van der Waals surface area contributed by atoms with Crippen molar-refractivity contribution in [3.05, 3.63) is 178 Å². The Kier molecular flexibility index (Phi) is 4.32. The van der Waals surface area contributed by atoms with Crippen molar-refractivity contribution in [1.82, 2.24) is 0 Å². The standard InChI is InChI=1S/C39H26/c1-6-17-29-24(12-1)25-13-2-7-18-30(25)36(29)35-23-11-22-33-28-16-5-10-21-34(28)39(38(33)35)37-31-19-8-3-14-26(31)27-15-4-9-20-32(27)37/h1-23,36-37,39H. The molecule has 0 nitrogen and oxygen atoms in total. The minimum Gasteiger partial charge on any atom is -0.0619 e. The maximum Gasteiger partial charge on any atom is 0.0355 e. The van der Waals surface area contributed by atoms with Crippen molar-refractivity contribution in [3.63, 3.8) is 0 Å². The lowest BCUT2D eigenvalue weighted by Crippen LogP contribution is -2.13. The zero-order valence-electron chi connectivity index (χ0n) is 21.5. The second kappa shape index (κ2) is 7.91. The normalized spacial score (nSPS) is 16.3. The van der Waals surface area contributed by atoms with Gasteiger partial charge in [0.05, 0.1) is 0 Å². The highest BCUT2D eigenvalue weighted by Gasteiger charge is 2.43. The molecule has 0 aliphatic heterocycles. The van der Waals surface area contributed by atoms with Gasteiger partial charge in [-0.25, -0.2) is 0 Å². The highest BCUT2D eigenvalue weighted by atomic mass is 14.5. The molecule has 0 spiro atoms. The SMILES string of the molecule is c1ccc2c(c1)-c1ccccc1C2c1cccc2c1C(C1c3ccccc3-c3ccccc31)c1ccccc1-2. The molecule has 6 aromatic carbocycles. The van der Waals surface area contributed by atoms with E-state index in [2.05, 4.69) is 140 Å². The Morgan fingerprint density at radius 2 is 0.590 bits per heavy atom. The van der Waals surface area contributed by atoms with Crippen LogP contribution in [0.1, 0.15) is 56.7 Å². The van der Waals surface area contributed by atoms with Gasteiger partial charge in [0.25, 0.3) is 0 Å². The second-order valence-electron chi connectivity index (χ2n) is 11.1. The molecule has 6 aromatic rings. The van der Waals surface area contributed by atoms with Crippen LogP contribution in [0.4, 0.5) is 0 Å². The maximum atomic E-state index is 2.41. The Hall–Kier alpha value is -4.68. The molecular weight excluding hydrogens is 468 g/mol. The first-order valence-electron chi connectivity index (χ1n) is 14.0. The third kappa shape index (κ3) is 2.79. The predicted molar refractivity (Wildman–Crippen MR) is 160 cm³/mol. The van der Waals surface area contributed by atoms with Gasteiger partial charge in [-0.3, -0.25) is 0 Å². The molecule has 3 aliphatic carbocycles. The van der Waals surface area contributed by atoms with E-state index < -0.39 is 0 Å². The van der Waals surface area contributed by atoms with Gasteiger partial charge < -0.3 is 0 Å². The Morgan fingerprint density at radius 1 is 0.256 bits per heavy atom. The zero-order chi connectivity index (χ0) is 25.5. The molecule has 39 heavy (non-hydrogen) atoms. The molecule has 1 atom stereocenters. The molecule has 0 N–H and O–H groups in total. The summed E-state index contributed by atoms with van der Waals surface area (Å²) in [6, 6.07) is 52.4. The van der Waals surface area contributed by atoms with E-state index in [1.807, 2.05) is 0 Å². The molecule has 0 bridgehead atoms. The van der Waals surface area contributed by atoms with Crippen molar-refractivity contribution in [3.8, 4) is 33.4 Å². The Labute approximate surface area is 229 Å². The topological polar surface area (TPSA) is 0 Å². The van der Waals surface area contributed by atoms with Crippen LogP contribution in [-0.4, -0.2) is 0 Å². The minimum atomic E-state index is 0.232. The number of hydrogen-bond acceptors (Lipinski definition) is 0. The van der Waals surface area contributed by atoms with Crippen LogP contribution in [0.25, 0.3) is 33.4 Å². The van der Waals surface area contributed by atoms with Crippen molar-refractivity contribution in [2.45, 2.75) is 17.8 Å². The molecule has 0 amide bonds. The summed E-state index contributed by atoms with van der Waals surface area (Å²) in [5.41, 5.74) is 18.5. The summed E-state index contributed by atoms with van der Waals surface area (Å²) in [6.45, 7) is 0. The molecule has 182 valence electrons. The van der Waals surface area contributed by atoms with Gasteiger partial charge in [0.15, 0.2) is 0 Å². The van der Waals surface area contributed by atoms with Crippen molar-refractivity contribution in [2.24, 2.45) is 0 Å². The van der Waals surface area contributed by atoms with E-state index >= 15 is 0 Å². The summed E-state index contributed by atoms with van der Waals surface area (Å²) in [6.07, 6.45) is 0. The summed E-state index contributed by atoms with van der Waals surface area (Å²) in [5, 5.41) is 0. The number of benzene rings is 6. The summed E-state index contributed by atoms with van der Waals surface area (Å²) in [5.74, 6) is 0.779. The molecule has 0 heterocycles. The first kappa shape index (κ1) is 21.3. The first-order valence-corrected chi connectivity index (χ1v) is 14.0. The monoisotopic (exact) mass is 494 g/mol. The average Bonchev–Trinajstić information content (AvgIpc) is 3.63. The van der Waals surface area contributed by atoms with Gasteiger partial charge in [-0.05, 0) is 72.3 Å². The van der Waals surface area contributed by atoms with Crippen molar-refractivity contribution >= 4 is 0 Å². The van der Waals surface area contributed by atoms with Gasteiger partial charge >= 0.3 is 0 Å². The average molecular weight is 495 g/mol. The van der Waals surface area contributed by atoms with Crippen LogP contribution in [-0.2, 0) is 0 Å². The molecule has 0 radical (unpaired) electrons. The van der Waals surface area contributed by atoms with Crippen LogP contribution >= 0.6 is 0 Å². The molecule has 0 saturated heterocycles. The van der Waals surface area contributed by atoms with Crippen molar-refractivity contribution in [1.29, 1.82) is 0 Å². The highest BCUT2D eigenvalue weighted by molar-refractivity contribution is 5.88. The summed E-state index contributed by atoms with van der Waals surface area (Å²) in [4.78, 5) is 0. The van der Waals surface area contributed by atoms with Crippen LogP contribution in [0.15, 0.2) is 140 Å². The Bertz CT molecular complexity index is 1850. The van der Waals surface area contributed by atoms with Gasteiger partial charge in [-0.1, -0.05) is 140 Å². The third-order valence-electron chi connectivity index (χ3n) is 9.40. The van der Waals surface area contributed by atoms with Gasteiger partial charge in [-0.2, -0.15) is 0 Å².